The highest BCUT2D eigenvalue weighted by Crippen LogP contribution is 2.38. The molecule has 2 N–H and O–H groups in total. The molecule has 0 fully saturated rings. The third-order valence-electron chi connectivity index (χ3n) is 10.1. The van der Waals surface area contributed by atoms with Gasteiger partial charge in [0.15, 0.2) is 0 Å². The molecule has 0 aliphatic rings. The molecule has 0 saturated heterocycles. The molecule has 7 aromatic rings. The number of ketones is 1. The molecular weight excluding hydrogens is 859 g/mol. The summed E-state index contributed by atoms with van der Waals surface area (Å²) in [4.78, 5) is 43.7. The van der Waals surface area contributed by atoms with E-state index in [1.807, 2.05) is 121 Å². The SMILES string of the molecule is CS(=O)(=O)NC(COC(=O)c1cc(OCc2ccccc2)c(C(=O)c2c(OCc3ccccc3)cccc2C(=O)OCc2ccccc2)c(OCc2ccccc2)c1)Cc1ccc(O)cc1. The summed E-state index contributed by atoms with van der Waals surface area (Å²) in [6.07, 6.45) is 1.13. The molecule has 0 amide bonds. The van der Waals surface area contributed by atoms with Crippen LogP contribution < -0.4 is 18.9 Å². The predicted octanol–water partition coefficient (Wildman–Crippen LogP) is 9.03. The Labute approximate surface area is 383 Å². The Morgan fingerprint density at radius 1 is 0.515 bits per heavy atom. The first kappa shape index (κ1) is 46.3. The topological polar surface area (TPSA) is 164 Å². The van der Waals surface area contributed by atoms with Gasteiger partial charge < -0.3 is 28.8 Å². The van der Waals surface area contributed by atoms with Gasteiger partial charge in [-0.15, -0.1) is 0 Å². The molecule has 1 atom stereocenters. The van der Waals surface area contributed by atoms with Crippen molar-refractivity contribution in [2.75, 3.05) is 12.9 Å². The molecule has 0 aliphatic carbocycles. The molecule has 0 radical (unpaired) electrons. The third kappa shape index (κ3) is 13.2. The molecule has 0 bridgehead atoms. The Kier molecular flexibility index (Phi) is 15.6. The van der Waals surface area contributed by atoms with E-state index < -0.39 is 33.8 Å². The van der Waals surface area contributed by atoms with Gasteiger partial charge in [0.2, 0.25) is 15.8 Å². The van der Waals surface area contributed by atoms with Crippen molar-refractivity contribution in [1.82, 2.24) is 4.72 Å². The van der Waals surface area contributed by atoms with Gasteiger partial charge >= 0.3 is 11.9 Å². The number of hydrogen-bond acceptors (Lipinski definition) is 11. The van der Waals surface area contributed by atoms with Crippen molar-refractivity contribution in [3.63, 3.8) is 0 Å². The van der Waals surface area contributed by atoms with Gasteiger partial charge in [0.1, 0.15) is 61.6 Å². The van der Waals surface area contributed by atoms with Crippen molar-refractivity contribution >= 4 is 27.7 Å². The van der Waals surface area contributed by atoms with E-state index in [-0.39, 0.29) is 84.7 Å². The fourth-order valence-corrected chi connectivity index (χ4v) is 7.72. The zero-order valence-corrected chi connectivity index (χ0v) is 36.8. The lowest BCUT2D eigenvalue weighted by molar-refractivity contribution is 0.0464. The first-order valence-electron chi connectivity index (χ1n) is 21.0. The van der Waals surface area contributed by atoms with E-state index in [9.17, 15) is 23.1 Å². The number of esters is 2. The van der Waals surface area contributed by atoms with Crippen LogP contribution in [-0.4, -0.2) is 50.2 Å². The highest BCUT2D eigenvalue weighted by Gasteiger charge is 2.31. The molecule has 13 heteroatoms. The molecule has 0 aliphatic heterocycles. The Morgan fingerprint density at radius 3 is 1.47 bits per heavy atom. The van der Waals surface area contributed by atoms with Crippen LogP contribution >= 0.6 is 0 Å². The van der Waals surface area contributed by atoms with Crippen LogP contribution in [0.3, 0.4) is 0 Å². The minimum absolute atomic E-state index is 0.0388. The van der Waals surface area contributed by atoms with Crippen molar-refractivity contribution < 1.29 is 51.6 Å². The maximum atomic E-state index is 15.5. The van der Waals surface area contributed by atoms with Crippen molar-refractivity contribution in [2.45, 2.75) is 38.9 Å². The fraction of sp³-hybridized carbons (Fsp3) is 0.151. The molecule has 0 heterocycles. The average Bonchev–Trinajstić information content (AvgIpc) is 3.33. The minimum Gasteiger partial charge on any atom is -0.508 e. The molecule has 7 rings (SSSR count). The molecular formula is C53H47NO11S. The van der Waals surface area contributed by atoms with E-state index in [0.29, 0.717) is 5.56 Å². The first-order valence-corrected chi connectivity index (χ1v) is 22.9. The van der Waals surface area contributed by atoms with E-state index in [4.69, 9.17) is 23.7 Å². The van der Waals surface area contributed by atoms with Gasteiger partial charge in [-0.3, -0.25) is 4.79 Å². The van der Waals surface area contributed by atoms with Crippen LogP contribution in [0.5, 0.6) is 23.0 Å². The second kappa shape index (κ2) is 22.2. The van der Waals surface area contributed by atoms with Crippen molar-refractivity contribution in [1.29, 1.82) is 0 Å². The molecule has 0 aromatic heterocycles. The summed E-state index contributed by atoms with van der Waals surface area (Å²) in [7, 11) is -3.75. The summed E-state index contributed by atoms with van der Waals surface area (Å²) in [6.45, 7) is -0.461. The van der Waals surface area contributed by atoms with E-state index in [2.05, 4.69) is 4.72 Å². The standard InChI is InChI=1S/C53H47NO11S/c1-66(59,60)54-43(29-37-25-27-44(55)28-26-37)36-65-52(57)42-30-47(62-33-39-17-8-3-9-18-39)50(48(31-42)63-34-40-19-10-4-11-20-40)51(56)49-45(53(58)64-35-41-21-12-5-13-22-41)23-14-24-46(49)61-32-38-15-6-2-7-16-38/h2-28,30-31,43,54-55H,29,32-36H2,1H3. The highest BCUT2D eigenvalue weighted by molar-refractivity contribution is 7.88. The van der Waals surface area contributed by atoms with Gasteiger partial charge in [-0.05, 0) is 70.6 Å². The summed E-state index contributed by atoms with van der Waals surface area (Å²) in [5.41, 5.74) is 3.33. The van der Waals surface area contributed by atoms with E-state index >= 15 is 4.79 Å². The summed E-state index contributed by atoms with van der Waals surface area (Å²) < 4.78 is 58.0. The second-order valence-electron chi connectivity index (χ2n) is 15.3. The lowest BCUT2D eigenvalue weighted by Gasteiger charge is -2.21. The molecule has 0 saturated carbocycles. The molecule has 7 aromatic carbocycles. The largest absolute Gasteiger partial charge is 0.508 e. The zero-order valence-electron chi connectivity index (χ0n) is 36.0. The number of phenols is 1. The monoisotopic (exact) mass is 905 g/mol. The predicted molar refractivity (Wildman–Crippen MR) is 248 cm³/mol. The molecule has 336 valence electrons. The van der Waals surface area contributed by atoms with Gasteiger partial charge in [-0.2, -0.15) is 0 Å². The lowest BCUT2D eigenvalue weighted by Crippen LogP contribution is -2.39. The molecule has 66 heavy (non-hydrogen) atoms. The van der Waals surface area contributed by atoms with Gasteiger partial charge in [0.05, 0.1) is 29.0 Å². The number of ether oxygens (including phenoxy) is 5. The van der Waals surface area contributed by atoms with Crippen molar-refractivity contribution in [3.8, 4) is 23.0 Å². The maximum Gasteiger partial charge on any atom is 0.339 e. The fourth-order valence-electron chi connectivity index (χ4n) is 6.96. The minimum atomic E-state index is -3.75. The van der Waals surface area contributed by atoms with Crippen LogP contribution in [0.15, 0.2) is 176 Å². The van der Waals surface area contributed by atoms with Crippen LogP contribution in [0.25, 0.3) is 0 Å². The number of carbonyl (C=O) groups is 3. The van der Waals surface area contributed by atoms with Gasteiger partial charge in [0.25, 0.3) is 0 Å². The molecule has 12 nitrogen and oxygen atoms in total. The lowest BCUT2D eigenvalue weighted by atomic mass is 9.94. The van der Waals surface area contributed by atoms with Crippen LogP contribution in [0, 0.1) is 0 Å². The number of phenolic OH excluding ortho intramolecular Hbond substituents is 1. The number of nitrogens with one attached hydrogen (secondary N) is 1. The maximum absolute atomic E-state index is 15.5. The molecule has 0 spiro atoms. The first-order chi connectivity index (χ1) is 32.0. The summed E-state index contributed by atoms with van der Waals surface area (Å²) in [5.74, 6) is -2.39. The summed E-state index contributed by atoms with van der Waals surface area (Å²) in [6, 6.07) is 49.6. The second-order valence-corrected chi connectivity index (χ2v) is 17.1. The van der Waals surface area contributed by atoms with Gasteiger partial charge in [-0.1, -0.05) is 140 Å². The average molecular weight is 906 g/mol. The number of carbonyl (C=O) groups excluding carboxylic acids is 3. The van der Waals surface area contributed by atoms with Crippen molar-refractivity contribution in [2.24, 2.45) is 0 Å². The van der Waals surface area contributed by atoms with Crippen LogP contribution in [0.2, 0.25) is 0 Å². The van der Waals surface area contributed by atoms with E-state index in [0.717, 1.165) is 28.5 Å². The van der Waals surface area contributed by atoms with Gasteiger partial charge in [0, 0.05) is 0 Å². The quantitative estimate of drug-likeness (QED) is 0.0523. The third-order valence-corrected chi connectivity index (χ3v) is 10.9. The molecule has 1 unspecified atom stereocenters. The summed E-state index contributed by atoms with van der Waals surface area (Å²) >= 11 is 0. The van der Waals surface area contributed by atoms with Crippen molar-refractivity contribution in [3.05, 3.63) is 226 Å². The number of aromatic hydroxyl groups is 1. The number of hydrogen-bond donors (Lipinski definition) is 2. The van der Waals surface area contributed by atoms with Gasteiger partial charge in [-0.25, -0.2) is 22.7 Å². The number of sulfonamides is 1. The van der Waals surface area contributed by atoms with Crippen LogP contribution in [-0.2, 0) is 52.3 Å². The van der Waals surface area contributed by atoms with Crippen LogP contribution in [0.1, 0.15) is 64.5 Å². The van der Waals surface area contributed by atoms with E-state index in [1.165, 1.54) is 30.3 Å². The van der Waals surface area contributed by atoms with Crippen LogP contribution in [0.4, 0.5) is 0 Å². The number of rotatable bonds is 21. The Hall–Kier alpha value is -7.74. The highest BCUT2D eigenvalue weighted by atomic mass is 32.2. The van der Waals surface area contributed by atoms with E-state index in [1.54, 1.807) is 24.3 Å². The Morgan fingerprint density at radius 2 is 0.985 bits per heavy atom. The zero-order chi connectivity index (χ0) is 46.3. The number of benzene rings is 7. The summed E-state index contributed by atoms with van der Waals surface area (Å²) in [5, 5.41) is 9.78. The smallest absolute Gasteiger partial charge is 0.339 e. The Bertz CT molecular complexity index is 2780. The normalized spacial score (nSPS) is 11.5. The Balaban J connectivity index is 1.31.